The summed E-state index contributed by atoms with van der Waals surface area (Å²) in [4.78, 5) is 11.4. The van der Waals surface area contributed by atoms with E-state index < -0.39 is 18.8 Å². The Hall–Kier alpha value is -1.95. The van der Waals surface area contributed by atoms with Crippen LogP contribution in [0.15, 0.2) is 60.8 Å². The number of hydrogen-bond donors (Lipinski definition) is 3. The molecule has 0 spiro atoms. The molecule has 5 nitrogen and oxygen atoms in total. The number of esters is 1. The minimum atomic E-state index is -1.00. The number of hydrogen-bond acceptors (Lipinski definition) is 5. The van der Waals surface area contributed by atoms with Gasteiger partial charge in [-0.3, -0.25) is 4.79 Å². The second-order valence-electron chi connectivity index (χ2n) is 6.32. The van der Waals surface area contributed by atoms with Gasteiger partial charge in [-0.15, -0.1) is 0 Å². The molecule has 0 amide bonds. The van der Waals surface area contributed by atoms with Crippen molar-refractivity contribution in [2.75, 3.05) is 13.2 Å². The third-order valence-electron chi connectivity index (χ3n) is 3.64. The molecular weight excluding hydrogens is 356 g/mol. The van der Waals surface area contributed by atoms with Crippen LogP contribution in [0.5, 0.6) is 0 Å². The maximum absolute atomic E-state index is 11.4. The Morgan fingerprint density at radius 2 is 1.68 bits per heavy atom. The average molecular weight is 393 g/mol. The van der Waals surface area contributed by atoms with Crippen LogP contribution in [0.1, 0.15) is 51.9 Å². The molecule has 2 atom stereocenters. The van der Waals surface area contributed by atoms with Gasteiger partial charge in [-0.2, -0.15) is 0 Å². The van der Waals surface area contributed by atoms with E-state index in [0.717, 1.165) is 25.7 Å². The number of unbranched alkanes of at least 4 members (excludes halogenated alkanes) is 1. The predicted octanol–water partition coefficient (Wildman–Crippen LogP) is 3.78. The van der Waals surface area contributed by atoms with Crippen LogP contribution in [0, 0.1) is 0 Å². The van der Waals surface area contributed by atoms with Crippen LogP contribution in [0.2, 0.25) is 0 Å². The first-order valence-electron chi connectivity index (χ1n) is 10.0. The summed E-state index contributed by atoms with van der Waals surface area (Å²) in [6, 6.07) is 0. The molecule has 0 aromatic heterocycles. The highest BCUT2D eigenvalue weighted by Gasteiger charge is 2.06. The van der Waals surface area contributed by atoms with Gasteiger partial charge in [-0.25, -0.2) is 0 Å². The average Bonchev–Trinajstić information content (AvgIpc) is 2.70. The van der Waals surface area contributed by atoms with E-state index >= 15 is 0 Å². The molecule has 28 heavy (non-hydrogen) atoms. The topological polar surface area (TPSA) is 87.0 Å². The quantitative estimate of drug-likeness (QED) is 0.161. The van der Waals surface area contributed by atoms with Crippen molar-refractivity contribution in [3.63, 3.8) is 0 Å². The van der Waals surface area contributed by atoms with Crippen LogP contribution < -0.4 is 0 Å². The van der Waals surface area contributed by atoms with E-state index in [1.807, 2.05) is 36.5 Å². The molecule has 0 saturated heterocycles. The Morgan fingerprint density at radius 1 is 0.964 bits per heavy atom. The van der Waals surface area contributed by atoms with Gasteiger partial charge in [0, 0.05) is 6.42 Å². The summed E-state index contributed by atoms with van der Waals surface area (Å²) < 4.78 is 4.81. The molecular formula is C23H36O5. The maximum atomic E-state index is 11.4. The molecule has 5 heteroatoms. The predicted molar refractivity (Wildman–Crippen MR) is 114 cm³/mol. The van der Waals surface area contributed by atoms with Crippen molar-refractivity contribution in [1.29, 1.82) is 0 Å². The first-order chi connectivity index (χ1) is 13.6. The number of carbonyl (C=O) groups is 1. The lowest BCUT2D eigenvalue weighted by molar-refractivity contribution is -0.147. The second kappa shape index (κ2) is 19.8. The van der Waals surface area contributed by atoms with E-state index in [-0.39, 0.29) is 12.6 Å². The van der Waals surface area contributed by atoms with Crippen LogP contribution in [0.4, 0.5) is 0 Å². The zero-order valence-electron chi connectivity index (χ0n) is 17.0. The number of aliphatic hydroxyl groups is 3. The molecule has 1 unspecified atom stereocenters. The highest BCUT2D eigenvalue weighted by atomic mass is 16.5. The summed E-state index contributed by atoms with van der Waals surface area (Å²) in [6.45, 7) is 1.53. The Balaban J connectivity index is 3.70. The summed E-state index contributed by atoms with van der Waals surface area (Å²) >= 11 is 0. The lowest BCUT2D eigenvalue weighted by Gasteiger charge is -2.07. The minimum Gasteiger partial charge on any atom is -0.463 e. The first-order valence-corrected chi connectivity index (χ1v) is 10.0. The molecule has 0 aliphatic heterocycles. The van der Waals surface area contributed by atoms with E-state index in [2.05, 4.69) is 25.2 Å². The smallest absolute Gasteiger partial charge is 0.305 e. The van der Waals surface area contributed by atoms with E-state index in [0.29, 0.717) is 19.3 Å². The van der Waals surface area contributed by atoms with Crippen LogP contribution in [-0.2, 0) is 9.53 Å². The van der Waals surface area contributed by atoms with Crippen LogP contribution in [0.3, 0.4) is 0 Å². The molecule has 0 rings (SSSR count). The Kier molecular flexibility index (Phi) is 18.4. The molecule has 3 N–H and O–H groups in total. The fraction of sp³-hybridized carbons (Fsp3) is 0.522. The lowest BCUT2D eigenvalue weighted by Crippen LogP contribution is -2.21. The van der Waals surface area contributed by atoms with Gasteiger partial charge in [0.05, 0.1) is 12.7 Å². The van der Waals surface area contributed by atoms with Crippen molar-refractivity contribution in [2.24, 2.45) is 0 Å². The summed E-state index contributed by atoms with van der Waals surface area (Å²) in [7, 11) is 0. The van der Waals surface area contributed by atoms with Gasteiger partial charge < -0.3 is 20.1 Å². The number of carbonyl (C=O) groups excluding carboxylic acids is 1. The summed E-state index contributed by atoms with van der Waals surface area (Å²) in [5.74, 6) is -0.364. The van der Waals surface area contributed by atoms with E-state index in [1.54, 1.807) is 6.08 Å². The third kappa shape index (κ3) is 18.8. The zero-order valence-corrected chi connectivity index (χ0v) is 17.0. The zero-order chi connectivity index (χ0) is 20.9. The number of aliphatic hydroxyl groups excluding tert-OH is 3. The molecule has 0 aromatic rings. The van der Waals surface area contributed by atoms with Gasteiger partial charge in [0.15, 0.2) is 0 Å². The molecule has 0 saturated carbocycles. The number of rotatable bonds is 16. The number of ether oxygens (including phenoxy) is 1. The third-order valence-corrected chi connectivity index (χ3v) is 3.64. The van der Waals surface area contributed by atoms with Crippen LogP contribution in [-0.4, -0.2) is 46.7 Å². The van der Waals surface area contributed by atoms with Crippen LogP contribution >= 0.6 is 0 Å². The minimum absolute atomic E-state index is 0.162. The highest BCUT2D eigenvalue weighted by molar-refractivity contribution is 5.69. The van der Waals surface area contributed by atoms with Gasteiger partial charge >= 0.3 is 5.97 Å². The standard InChI is InChI=1S/C23H36O5/c1-2-3-4-5-10-13-16-21(25)17-14-11-8-6-7-9-12-15-18-23(27)28-20-22(26)19-24/h3-4,7-11,13-14,17,21-22,24-26H,2,5-6,12,15-16,18-20H2,1H3/b4-3-,9-7-,11-8-,13-10-,17-14+/t21?,22-/m0/s1. The largest absolute Gasteiger partial charge is 0.463 e. The summed E-state index contributed by atoms with van der Waals surface area (Å²) in [5, 5.41) is 27.5. The van der Waals surface area contributed by atoms with Gasteiger partial charge in [0.2, 0.25) is 0 Å². The van der Waals surface area contributed by atoms with E-state index in [1.165, 1.54) is 0 Å². The Bertz CT molecular complexity index is 517. The monoisotopic (exact) mass is 392 g/mol. The van der Waals surface area contributed by atoms with Crippen molar-refractivity contribution in [1.82, 2.24) is 0 Å². The Morgan fingerprint density at radius 3 is 2.43 bits per heavy atom. The SMILES string of the molecule is CC/C=C\C/C=C\CC(O)/C=C/C=C\C/C=C\CCCC(=O)OC[C@@H](O)CO. The van der Waals surface area contributed by atoms with Crippen molar-refractivity contribution < 1.29 is 24.9 Å². The Labute approximate surface area is 169 Å². The van der Waals surface area contributed by atoms with Gasteiger partial charge in [0.25, 0.3) is 0 Å². The second-order valence-corrected chi connectivity index (χ2v) is 6.32. The summed E-state index contributed by atoms with van der Waals surface area (Å²) in [5.41, 5.74) is 0. The van der Waals surface area contributed by atoms with E-state index in [9.17, 15) is 9.90 Å². The molecule has 0 aromatic carbocycles. The summed E-state index contributed by atoms with van der Waals surface area (Å²) in [6.07, 6.45) is 23.5. The highest BCUT2D eigenvalue weighted by Crippen LogP contribution is 2.01. The number of allylic oxidation sites excluding steroid dienone is 8. The van der Waals surface area contributed by atoms with Crippen molar-refractivity contribution in [3.05, 3.63) is 60.8 Å². The first kappa shape index (κ1) is 26.1. The van der Waals surface area contributed by atoms with E-state index in [4.69, 9.17) is 14.9 Å². The fourth-order valence-electron chi connectivity index (χ4n) is 2.07. The normalized spacial score (nSPS) is 14.9. The van der Waals surface area contributed by atoms with Gasteiger partial charge in [0.1, 0.15) is 12.7 Å². The van der Waals surface area contributed by atoms with Gasteiger partial charge in [-0.1, -0.05) is 67.7 Å². The molecule has 158 valence electrons. The van der Waals surface area contributed by atoms with Crippen LogP contribution in [0.25, 0.3) is 0 Å². The van der Waals surface area contributed by atoms with Crippen molar-refractivity contribution >= 4 is 5.97 Å². The molecule has 0 bridgehead atoms. The fourth-order valence-corrected chi connectivity index (χ4v) is 2.07. The lowest BCUT2D eigenvalue weighted by atomic mass is 10.2. The molecule has 0 radical (unpaired) electrons. The molecule has 0 heterocycles. The molecule has 0 fully saturated rings. The van der Waals surface area contributed by atoms with Gasteiger partial charge in [-0.05, 0) is 38.5 Å². The van der Waals surface area contributed by atoms with Crippen molar-refractivity contribution in [3.8, 4) is 0 Å². The molecule has 0 aliphatic rings. The maximum Gasteiger partial charge on any atom is 0.305 e. The molecule has 0 aliphatic carbocycles. The van der Waals surface area contributed by atoms with Crippen molar-refractivity contribution in [2.45, 2.75) is 64.1 Å².